The summed E-state index contributed by atoms with van der Waals surface area (Å²) in [5, 5.41) is 9.19. The number of ketones is 1. The number of nitriles is 1. The summed E-state index contributed by atoms with van der Waals surface area (Å²) in [7, 11) is 0. The third-order valence-corrected chi connectivity index (χ3v) is 4.55. The van der Waals surface area contributed by atoms with Gasteiger partial charge in [0.1, 0.15) is 6.07 Å². The largest absolute Gasteiger partial charge is 0.297 e. The van der Waals surface area contributed by atoms with Gasteiger partial charge in [0.2, 0.25) is 0 Å². The molecule has 0 bridgehead atoms. The van der Waals surface area contributed by atoms with Crippen LogP contribution < -0.4 is 0 Å². The molecule has 1 heterocycles. The predicted octanol–water partition coefficient (Wildman–Crippen LogP) is 2.94. The molecule has 0 unspecified atom stereocenters. The minimum absolute atomic E-state index is 0.00265. The Balaban J connectivity index is 1.73. The van der Waals surface area contributed by atoms with E-state index in [1.807, 2.05) is 26.0 Å². The van der Waals surface area contributed by atoms with E-state index in [0.29, 0.717) is 5.57 Å². The van der Waals surface area contributed by atoms with Gasteiger partial charge in [-0.15, -0.1) is 0 Å². The van der Waals surface area contributed by atoms with E-state index < -0.39 is 5.41 Å². The van der Waals surface area contributed by atoms with Crippen LogP contribution in [0.3, 0.4) is 0 Å². The minimum atomic E-state index is -0.418. The Morgan fingerprint density at radius 1 is 1.24 bits per heavy atom. The summed E-state index contributed by atoms with van der Waals surface area (Å²) in [5.74, 6) is -0.00265. The highest BCUT2D eigenvalue weighted by molar-refractivity contribution is 6.03. The monoisotopic (exact) mass is 280 g/mol. The van der Waals surface area contributed by atoms with Crippen molar-refractivity contribution in [2.24, 2.45) is 10.8 Å². The molecule has 21 heavy (non-hydrogen) atoms. The van der Waals surface area contributed by atoms with Gasteiger partial charge in [0.05, 0.1) is 5.57 Å². The maximum Gasteiger partial charge on any atom is 0.178 e. The predicted molar refractivity (Wildman–Crippen MR) is 81.3 cm³/mol. The molecular formula is C18H20N2O. The summed E-state index contributed by atoms with van der Waals surface area (Å²) < 4.78 is 0. The zero-order valence-corrected chi connectivity index (χ0v) is 12.6. The second kappa shape index (κ2) is 4.82. The fourth-order valence-corrected chi connectivity index (χ4v) is 3.83. The number of carbonyl (C=O) groups is 1. The van der Waals surface area contributed by atoms with Crippen LogP contribution in [-0.4, -0.2) is 23.8 Å². The molecule has 1 spiro atoms. The van der Waals surface area contributed by atoms with Crippen molar-refractivity contribution in [3.05, 3.63) is 47.5 Å². The first-order chi connectivity index (χ1) is 9.94. The van der Waals surface area contributed by atoms with Gasteiger partial charge in [-0.25, -0.2) is 0 Å². The van der Waals surface area contributed by atoms with E-state index in [0.717, 1.165) is 26.1 Å². The Morgan fingerprint density at radius 3 is 2.52 bits per heavy atom. The van der Waals surface area contributed by atoms with Gasteiger partial charge in [-0.1, -0.05) is 50.3 Å². The Labute approximate surface area is 125 Å². The first-order valence-corrected chi connectivity index (χ1v) is 7.38. The Hall–Kier alpha value is -1.92. The summed E-state index contributed by atoms with van der Waals surface area (Å²) in [6, 6.07) is 12.5. The van der Waals surface area contributed by atoms with E-state index in [2.05, 4.69) is 35.2 Å². The minimum Gasteiger partial charge on any atom is -0.297 e. The number of nitrogens with zero attached hydrogens (tertiary/aromatic N) is 2. The third kappa shape index (κ3) is 2.52. The standard InChI is InChI=1S/C18H20N2O/c1-17(2)11-18(8-15(9-19)16(17)21)12-20(13-18)10-14-6-4-3-5-7-14/h3-8H,10-13H2,1-2H3. The molecule has 3 rings (SSSR count). The number of Topliss-reactive ketones (excluding diaryl/α,β-unsaturated/α-hetero) is 1. The zero-order chi connectivity index (χ0) is 15.1. The number of hydrogen-bond acceptors (Lipinski definition) is 3. The van der Waals surface area contributed by atoms with Crippen molar-refractivity contribution in [1.82, 2.24) is 4.90 Å². The Morgan fingerprint density at radius 2 is 1.90 bits per heavy atom. The van der Waals surface area contributed by atoms with Gasteiger partial charge in [-0.05, 0) is 12.0 Å². The van der Waals surface area contributed by atoms with Crippen LogP contribution in [0.2, 0.25) is 0 Å². The molecule has 3 nitrogen and oxygen atoms in total. The molecule has 0 radical (unpaired) electrons. The fourth-order valence-electron chi connectivity index (χ4n) is 3.83. The molecular weight excluding hydrogens is 260 g/mol. The molecule has 0 amide bonds. The Bertz CT molecular complexity index is 631. The number of carbonyl (C=O) groups excluding carboxylic acids is 1. The van der Waals surface area contributed by atoms with Crippen LogP contribution >= 0.6 is 0 Å². The molecule has 1 aromatic rings. The first kappa shape index (κ1) is 14.0. The molecule has 2 aliphatic rings. The molecule has 1 aromatic carbocycles. The van der Waals surface area contributed by atoms with Gasteiger partial charge in [-0.2, -0.15) is 5.26 Å². The summed E-state index contributed by atoms with van der Waals surface area (Å²) in [4.78, 5) is 14.6. The maximum absolute atomic E-state index is 12.2. The normalized spacial score (nSPS) is 23.3. The molecule has 0 N–H and O–H groups in total. The van der Waals surface area contributed by atoms with E-state index in [1.165, 1.54) is 5.56 Å². The van der Waals surface area contributed by atoms with Gasteiger partial charge in [0.15, 0.2) is 5.78 Å². The molecule has 3 heteroatoms. The third-order valence-electron chi connectivity index (χ3n) is 4.55. The van der Waals surface area contributed by atoms with Crippen LogP contribution in [0.25, 0.3) is 0 Å². The number of allylic oxidation sites excluding steroid dienone is 1. The highest BCUT2D eigenvalue weighted by Gasteiger charge is 2.50. The number of benzene rings is 1. The summed E-state index contributed by atoms with van der Waals surface area (Å²) in [6.45, 7) is 6.73. The van der Waals surface area contributed by atoms with Gasteiger partial charge in [-0.3, -0.25) is 9.69 Å². The van der Waals surface area contributed by atoms with Crippen LogP contribution in [0.4, 0.5) is 0 Å². The molecule has 108 valence electrons. The van der Waals surface area contributed by atoms with E-state index in [9.17, 15) is 10.1 Å². The number of hydrogen-bond donors (Lipinski definition) is 0. The summed E-state index contributed by atoms with van der Waals surface area (Å²) in [5.41, 5.74) is 1.25. The fraction of sp³-hybridized carbons (Fsp3) is 0.444. The quantitative estimate of drug-likeness (QED) is 0.836. The first-order valence-electron chi connectivity index (χ1n) is 7.38. The molecule has 1 fully saturated rings. The Kier molecular flexibility index (Phi) is 3.22. The van der Waals surface area contributed by atoms with E-state index in [4.69, 9.17) is 0 Å². The second-order valence-corrected chi connectivity index (χ2v) is 7.05. The highest BCUT2D eigenvalue weighted by Crippen LogP contribution is 2.48. The van der Waals surface area contributed by atoms with Crippen molar-refractivity contribution in [3.8, 4) is 6.07 Å². The zero-order valence-electron chi connectivity index (χ0n) is 12.6. The van der Waals surface area contributed by atoms with E-state index >= 15 is 0 Å². The topological polar surface area (TPSA) is 44.1 Å². The van der Waals surface area contributed by atoms with Gasteiger partial charge >= 0.3 is 0 Å². The highest BCUT2D eigenvalue weighted by atomic mass is 16.1. The van der Waals surface area contributed by atoms with Gasteiger partial charge < -0.3 is 0 Å². The van der Waals surface area contributed by atoms with Crippen molar-refractivity contribution in [3.63, 3.8) is 0 Å². The van der Waals surface area contributed by atoms with Gasteiger partial charge in [0.25, 0.3) is 0 Å². The van der Waals surface area contributed by atoms with Crippen LogP contribution in [-0.2, 0) is 11.3 Å². The van der Waals surface area contributed by atoms with Crippen molar-refractivity contribution in [2.45, 2.75) is 26.8 Å². The van der Waals surface area contributed by atoms with Crippen LogP contribution in [0, 0.1) is 22.2 Å². The summed E-state index contributed by atoms with van der Waals surface area (Å²) in [6.07, 6.45) is 2.78. The van der Waals surface area contributed by atoms with Crippen molar-refractivity contribution >= 4 is 5.78 Å². The van der Waals surface area contributed by atoms with Crippen molar-refractivity contribution < 1.29 is 4.79 Å². The maximum atomic E-state index is 12.2. The molecule has 1 saturated heterocycles. The number of likely N-dealkylation sites (tertiary alicyclic amines) is 1. The second-order valence-electron chi connectivity index (χ2n) is 7.05. The summed E-state index contributed by atoms with van der Waals surface area (Å²) >= 11 is 0. The van der Waals surface area contributed by atoms with Crippen LogP contribution in [0.5, 0.6) is 0 Å². The molecule has 1 aliphatic heterocycles. The van der Waals surface area contributed by atoms with E-state index in [1.54, 1.807) is 0 Å². The molecule has 0 atom stereocenters. The lowest BCUT2D eigenvalue weighted by molar-refractivity contribution is -0.128. The average molecular weight is 280 g/mol. The molecule has 0 saturated carbocycles. The molecule has 0 aromatic heterocycles. The SMILES string of the molecule is CC1(C)CC2(C=C(C#N)C1=O)CN(Cc1ccccc1)C2. The average Bonchev–Trinajstić information content (AvgIpc) is 2.42. The van der Waals surface area contributed by atoms with Crippen LogP contribution in [0.15, 0.2) is 42.0 Å². The lowest BCUT2D eigenvalue weighted by Crippen LogP contribution is -2.58. The lowest BCUT2D eigenvalue weighted by Gasteiger charge is -2.53. The molecule has 1 aliphatic carbocycles. The van der Waals surface area contributed by atoms with Gasteiger partial charge in [0, 0.05) is 30.5 Å². The van der Waals surface area contributed by atoms with Crippen LogP contribution in [0.1, 0.15) is 25.8 Å². The van der Waals surface area contributed by atoms with Crippen molar-refractivity contribution in [2.75, 3.05) is 13.1 Å². The number of rotatable bonds is 2. The smallest absolute Gasteiger partial charge is 0.178 e. The van der Waals surface area contributed by atoms with E-state index in [-0.39, 0.29) is 11.2 Å². The lowest BCUT2D eigenvalue weighted by atomic mass is 9.61. The van der Waals surface area contributed by atoms with Crippen molar-refractivity contribution in [1.29, 1.82) is 5.26 Å².